The van der Waals surface area contributed by atoms with Crippen molar-refractivity contribution in [1.29, 1.82) is 0 Å². The molecule has 4 heteroatoms. The van der Waals surface area contributed by atoms with Crippen LogP contribution in [-0.2, 0) is 4.74 Å². The highest BCUT2D eigenvalue weighted by atomic mass is 16.5. The molecule has 2 aliphatic rings. The molecule has 0 saturated carbocycles. The van der Waals surface area contributed by atoms with Crippen LogP contribution < -0.4 is 4.74 Å². The van der Waals surface area contributed by atoms with Crippen LogP contribution in [0.2, 0.25) is 0 Å². The molecule has 0 aromatic heterocycles. The minimum atomic E-state index is -0.730. The topological polar surface area (TPSA) is 41.9 Å². The van der Waals surface area contributed by atoms with Gasteiger partial charge in [-0.05, 0) is 56.7 Å². The molecule has 2 saturated heterocycles. The van der Waals surface area contributed by atoms with Crippen molar-refractivity contribution < 1.29 is 14.6 Å². The molecule has 23 heavy (non-hydrogen) atoms. The van der Waals surface area contributed by atoms with Crippen molar-refractivity contribution in [3.63, 3.8) is 0 Å². The maximum atomic E-state index is 10.9. The van der Waals surface area contributed by atoms with Gasteiger partial charge >= 0.3 is 0 Å². The van der Waals surface area contributed by atoms with E-state index in [9.17, 15) is 5.11 Å². The van der Waals surface area contributed by atoms with Crippen molar-refractivity contribution in [2.45, 2.75) is 38.2 Å². The van der Waals surface area contributed by atoms with Crippen LogP contribution in [0.3, 0.4) is 0 Å². The van der Waals surface area contributed by atoms with Crippen molar-refractivity contribution in [2.75, 3.05) is 39.5 Å². The van der Waals surface area contributed by atoms with E-state index in [2.05, 4.69) is 4.90 Å². The van der Waals surface area contributed by atoms with Crippen LogP contribution in [0.15, 0.2) is 24.3 Å². The zero-order valence-electron chi connectivity index (χ0n) is 14.2. The Bertz CT molecular complexity index is 501. The van der Waals surface area contributed by atoms with Gasteiger partial charge in [0, 0.05) is 26.3 Å². The summed E-state index contributed by atoms with van der Waals surface area (Å²) in [4.78, 5) is 2.42. The Hall–Kier alpha value is -1.10. The third-order valence-electron chi connectivity index (χ3n) is 5.08. The lowest BCUT2D eigenvalue weighted by molar-refractivity contribution is -0.0663. The molecule has 2 heterocycles. The van der Waals surface area contributed by atoms with Crippen molar-refractivity contribution >= 4 is 0 Å². The average Bonchev–Trinajstić information content (AvgIpc) is 2.55. The number of piperidine rings is 1. The molecule has 3 rings (SSSR count). The van der Waals surface area contributed by atoms with Gasteiger partial charge in [0.2, 0.25) is 0 Å². The van der Waals surface area contributed by atoms with Crippen molar-refractivity contribution in [3.8, 4) is 5.75 Å². The number of benzene rings is 1. The summed E-state index contributed by atoms with van der Waals surface area (Å²) in [6, 6.07) is 8.00. The zero-order chi connectivity index (χ0) is 16.1. The quantitative estimate of drug-likeness (QED) is 0.906. The molecule has 0 spiro atoms. The van der Waals surface area contributed by atoms with Gasteiger partial charge in [0.25, 0.3) is 0 Å². The number of aliphatic hydroxyl groups is 1. The average molecular weight is 319 g/mol. The van der Waals surface area contributed by atoms with Crippen LogP contribution in [0.5, 0.6) is 5.75 Å². The van der Waals surface area contributed by atoms with Crippen molar-refractivity contribution in [3.05, 3.63) is 29.8 Å². The molecule has 1 aromatic rings. The van der Waals surface area contributed by atoms with Crippen LogP contribution in [0.25, 0.3) is 0 Å². The summed E-state index contributed by atoms with van der Waals surface area (Å²) in [5.41, 5.74) is 0.386. The molecule has 1 N–H and O–H groups in total. The second-order valence-electron chi connectivity index (χ2n) is 7.17. The summed E-state index contributed by atoms with van der Waals surface area (Å²) in [7, 11) is 0. The number of ether oxygens (including phenoxy) is 2. The third kappa shape index (κ3) is 4.69. The van der Waals surface area contributed by atoms with Crippen molar-refractivity contribution in [2.24, 2.45) is 5.92 Å². The predicted molar refractivity (Wildman–Crippen MR) is 90.8 cm³/mol. The number of rotatable bonds is 5. The highest BCUT2D eigenvalue weighted by molar-refractivity contribution is 5.31. The van der Waals surface area contributed by atoms with Crippen molar-refractivity contribution in [1.82, 2.24) is 4.90 Å². The van der Waals surface area contributed by atoms with Gasteiger partial charge in [0.05, 0.1) is 0 Å². The number of nitrogens with zero attached hydrogens (tertiary/aromatic N) is 1. The highest BCUT2D eigenvalue weighted by Crippen LogP contribution is 2.26. The van der Waals surface area contributed by atoms with Gasteiger partial charge in [0.15, 0.2) is 0 Å². The van der Waals surface area contributed by atoms with E-state index < -0.39 is 5.60 Å². The highest BCUT2D eigenvalue weighted by Gasteiger charge is 2.35. The predicted octanol–water partition coefficient (Wildman–Crippen LogP) is 2.63. The minimum Gasteiger partial charge on any atom is -0.490 e. The monoisotopic (exact) mass is 319 g/mol. The SMILES string of the molecule is Cc1ccccc1OCC1(O)CCCN(CC2CCOCC2)C1. The lowest BCUT2D eigenvalue weighted by Crippen LogP contribution is -2.52. The third-order valence-corrected chi connectivity index (χ3v) is 5.08. The van der Waals surface area contributed by atoms with E-state index in [1.165, 1.54) is 0 Å². The van der Waals surface area contributed by atoms with Gasteiger partial charge in [-0.1, -0.05) is 18.2 Å². The van der Waals surface area contributed by atoms with Crippen LogP contribution in [0, 0.1) is 12.8 Å². The molecule has 128 valence electrons. The number of hydrogen-bond donors (Lipinski definition) is 1. The first kappa shape index (κ1) is 16.7. The fourth-order valence-corrected chi connectivity index (χ4v) is 3.70. The summed E-state index contributed by atoms with van der Waals surface area (Å²) in [6.07, 6.45) is 4.16. The first-order chi connectivity index (χ1) is 11.1. The van der Waals surface area contributed by atoms with E-state index in [1.54, 1.807) is 0 Å². The van der Waals surface area contributed by atoms with Gasteiger partial charge in [-0.2, -0.15) is 0 Å². The van der Waals surface area contributed by atoms with Crippen LogP contribution in [-0.4, -0.2) is 55.1 Å². The number of hydrogen-bond acceptors (Lipinski definition) is 4. The Morgan fingerprint density at radius 2 is 2.09 bits per heavy atom. The second-order valence-corrected chi connectivity index (χ2v) is 7.17. The normalized spacial score (nSPS) is 27.0. The second kappa shape index (κ2) is 7.65. The number of likely N-dealkylation sites (tertiary alicyclic amines) is 1. The Morgan fingerprint density at radius 3 is 2.87 bits per heavy atom. The summed E-state index contributed by atoms with van der Waals surface area (Å²) in [5, 5.41) is 10.9. The van der Waals surface area contributed by atoms with E-state index in [4.69, 9.17) is 9.47 Å². The largest absolute Gasteiger partial charge is 0.490 e. The Kier molecular flexibility index (Phi) is 5.57. The fourth-order valence-electron chi connectivity index (χ4n) is 3.70. The smallest absolute Gasteiger partial charge is 0.122 e. The standard InChI is InChI=1S/C19H29NO3/c1-16-5-2-3-6-18(16)23-15-19(21)9-4-10-20(14-19)13-17-7-11-22-12-8-17/h2-3,5-6,17,21H,4,7-15H2,1H3. The number of para-hydroxylation sites is 1. The zero-order valence-corrected chi connectivity index (χ0v) is 14.2. The molecule has 1 atom stereocenters. The fraction of sp³-hybridized carbons (Fsp3) is 0.684. The summed E-state index contributed by atoms with van der Waals surface area (Å²) in [5.74, 6) is 1.59. The first-order valence-electron chi connectivity index (χ1n) is 8.86. The lowest BCUT2D eigenvalue weighted by atomic mass is 9.91. The summed E-state index contributed by atoms with van der Waals surface area (Å²) in [6.45, 7) is 7.08. The number of β-amino-alcohol motifs (C(OH)–C–C–N with tert-alkyl or cyclic N) is 1. The van der Waals surface area contributed by atoms with Gasteiger partial charge < -0.3 is 19.5 Å². The Labute approximate surface area is 139 Å². The summed E-state index contributed by atoms with van der Waals surface area (Å²) < 4.78 is 11.4. The maximum Gasteiger partial charge on any atom is 0.122 e. The van der Waals surface area contributed by atoms with E-state index in [-0.39, 0.29) is 0 Å². The molecule has 1 aromatic carbocycles. The summed E-state index contributed by atoms with van der Waals surface area (Å²) >= 11 is 0. The Morgan fingerprint density at radius 1 is 1.30 bits per heavy atom. The molecule has 2 fully saturated rings. The molecule has 0 radical (unpaired) electrons. The minimum absolute atomic E-state index is 0.377. The van der Waals surface area contributed by atoms with Gasteiger partial charge in [0.1, 0.15) is 18.0 Å². The first-order valence-corrected chi connectivity index (χ1v) is 8.86. The number of aryl methyl sites for hydroxylation is 1. The van der Waals surface area contributed by atoms with E-state index in [1.807, 2.05) is 31.2 Å². The molecular weight excluding hydrogens is 290 g/mol. The van der Waals surface area contributed by atoms with Crippen LogP contribution >= 0.6 is 0 Å². The molecule has 0 bridgehead atoms. The maximum absolute atomic E-state index is 10.9. The lowest BCUT2D eigenvalue weighted by Gasteiger charge is -2.40. The molecule has 1 unspecified atom stereocenters. The van der Waals surface area contributed by atoms with Gasteiger partial charge in [-0.15, -0.1) is 0 Å². The molecule has 2 aliphatic heterocycles. The van der Waals surface area contributed by atoms with E-state index in [0.717, 1.165) is 69.8 Å². The Balaban J connectivity index is 1.52. The van der Waals surface area contributed by atoms with Crippen LogP contribution in [0.4, 0.5) is 0 Å². The molecule has 4 nitrogen and oxygen atoms in total. The molecule has 0 amide bonds. The molecular formula is C19H29NO3. The molecule has 0 aliphatic carbocycles. The van der Waals surface area contributed by atoms with E-state index >= 15 is 0 Å². The van der Waals surface area contributed by atoms with Crippen LogP contribution in [0.1, 0.15) is 31.2 Å². The van der Waals surface area contributed by atoms with E-state index in [0.29, 0.717) is 12.5 Å². The van der Waals surface area contributed by atoms with Gasteiger partial charge in [-0.25, -0.2) is 0 Å². The van der Waals surface area contributed by atoms with Gasteiger partial charge in [-0.3, -0.25) is 0 Å².